The van der Waals surface area contributed by atoms with E-state index in [1.54, 1.807) is 12.4 Å². The van der Waals surface area contributed by atoms with Crippen LogP contribution >= 0.6 is 12.4 Å². The number of rotatable bonds is 3. The number of aromatic amines is 1. The minimum atomic E-state index is -5.08. The van der Waals surface area contributed by atoms with Crippen LogP contribution in [0.2, 0.25) is 0 Å². The van der Waals surface area contributed by atoms with Crippen LogP contribution in [0.3, 0.4) is 0 Å². The molecule has 33 heavy (non-hydrogen) atoms. The second-order valence-corrected chi connectivity index (χ2v) is 7.75. The van der Waals surface area contributed by atoms with Gasteiger partial charge in [0.1, 0.15) is 5.69 Å². The summed E-state index contributed by atoms with van der Waals surface area (Å²) in [6.07, 6.45) is 2.74. The van der Waals surface area contributed by atoms with E-state index in [0.29, 0.717) is 29.4 Å². The molecule has 1 atom stereocenters. The first kappa shape index (κ1) is 24.5. The molecule has 0 unspecified atom stereocenters. The molecule has 13 heteroatoms. The molecule has 2 bridgehead atoms. The highest BCUT2D eigenvalue weighted by atomic mass is 35.5. The summed E-state index contributed by atoms with van der Waals surface area (Å²) >= 11 is 0. The highest BCUT2D eigenvalue weighted by Crippen LogP contribution is 2.33. The summed E-state index contributed by atoms with van der Waals surface area (Å²) in [6.45, 7) is 3.46. The van der Waals surface area contributed by atoms with Crippen LogP contribution in [0.1, 0.15) is 24.1 Å². The molecule has 4 N–H and O–H groups in total. The number of imidazole rings is 1. The highest BCUT2D eigenvalue weighted by molar-refractivity contribution is 6.20. The van der Waals surface area contributed by atoms with Crippen LogP contribution in [0.25, 0.3) is 11.6 Å². The van der Waals surface area contributed by atoms with E-state index < -0.39 is 12.1 Å². The molecule has 178 valence electrons. The quantitative estimate of drug-likeness (QED) is 0.524. The van der Waals surface area contributed by atoms with E-state index >= 15 is 0 Å². The van der Waals surface area contributed by atoms with Crippen molar-refractivity contribution in [3.8, 4) is 5.88 Å². The summed E-state index contributed by atoms with van der Waals surface area (Å²) in [5.74, 6) is -0.726. The molecule has 0 radical (unpaired) electrons. The van der Waals surface area contributed by atoms with Crippen LogP contribution in [0.5, 0.6) is 5.88 Å². The number of carboxylic acids is 1. The zero-order valence-electron chi connectivity index (χ0n) is 17.2. The maximum atomic E-state index is 10.6. The molecule has 6 rings (SSSR count). The largest absolute Gasteiger partial charge is 0.492 e. The van der Waals surface area contributed by atoms with Crippen LogP contribution in [-0.2, 0) is 4.79 Å². The van der Waals surface area contributed by atoms with Crippen molar-refractivity contribution in [3.05, 3.63) is 29.6 Å². The summed E-state index contributed by atoms with van der Waals surface area (Å²) in [4.78, 5) is 27.4. The number of nitrogens with zero attached hydrogens (tertiary/aromatic N) is 4. The lowest BCUT2D eigenvalue weighted by Gasteiger charge is -2.44. The Morgan fingerprint density at radius 2 is 2.00 bits per heavy atom. The van der Waals surface area contributed by atoms with Crippen LogP contribution in [0.15, 0.2) is 23.3 Å². The van der Waals surface area contributed by atoms with Crippen molar-refractivity contribution in [2.75, 3.05) is 25.0 Å². The Morgan fingerprint density at radius 1 is 1.30 bits per heavy atom. The summed E-state index contributed by atoms with van der Waals surface area (Å²) in [5, 5.41) is 20.8. The second-order valence-electron chi connectivity index (χ2n) is 7.75. The predicted molar refractivity (Wildman–Crippen MR) is 118 cm³/mol. The lowest BCUT2D eigenvalue weighted by atomic mass is 9.84. The van der Waals surface area contributed by atoms with Crippen LogP contribution in [0, 0.1) is 5.92 Å². The average molecular weight is 487 g/mol. The number of pyridine rings is 1. The molecule has 0 aromatic carbocycles. The normalized spacial score (nSPS) is 24.0. The van der Waals surface area contributed by atoms with Gasteiger partial charge in [-0.1, -0.05) is 0 Å². The van der Waals surface area contributed by atoms with Crippen LogP contribution < -0.4 is 5.32 Å². The Bertz CT molecular complexity index is 1060. The van der Waals surface area contributed by atoms with Crippen LogP contribution in [-0.4, -0.2) is 74.1 Å². The molecule has 4 aliphatic rings. The van der Waals surface area contributed by atoms with Gasteiger partial charge >= 0.3 is 12.1 Å². The summed E-state index contributed by atoms with van der Waals surface area (Å²) in [7, 11) is 0. The monoisotopic (exact) mass is 486 g/mol. The molecule has 0 saturated carbocycles. The second kappa shape index (κ2) is 9.79. The van der Waals surface area contributed by atoms with E-state index in [0.717, 1.165) is 17.7 Å². The number of halogens is 4. The van der Waals surface area contributed by atoms with E-state index in [9.17, 15) is 18.3 Å². The van der Waals surface area contributed by atoms with Crippen molar-refractivity contribution < 1.29 is 28.2 Å². The Kier molecular flexibility index (Phi) is 7.28. The van der Waals surface area contributed by atoms with Gasteiger partial charge in [0.25, 0.3) is 0 Å². The number of allylic oxidation sites excluding steroid dienone is 1. The zero-order chi connectivity index (χ0) is 22.9. The van der Waals surface area contributed by atoms with E-state index in [2.05, 4.69) is 30.2 Å². The number of carbonyl (C=O) groups is 1. The number of H-pyrrole nitrogens is 1. The van der Waals surface area contributed by atoms with Crippen molar-refractivity contribution in [2.24, 2.45) is 10.9 Å². The first-order valence-electron chi connectivity index (χ1n) is 10.00. The number of aliphatic carboxylic acids is 1. The lowest BCUT2D eigenvalue weighted by molar-refractivity contribution is -0.192. The van der Waals surface area contributed by atoms with E-state index in [1.165, 1.54) is 25.9 Å². The number of alkyl halides is 3. The number of aliphatic imine (C=N–C) groups is 1. The number of fused-ring (bicyclic) bond motifs is 4. The first-order valence-corrected chi connectivity index (χ1v) is 10.00. The zero-order valence-corrected chi connectivity index (χ0v) is 18.0. The molecule has 3 saturated heterocycles. The molecular weight excluding hydrogens is 465 g/mol. The van der Waals surface area contributed by atoms with Gasteiger partial charge in [-0.05, 0) is 50.1 Å². The van der Waals surface area contributed by atoms with Crippen molar-refractivity contribution in [3.63, 3.8) is 0 Å². The Hall–Kier alpha value is -3.12. The van der Waals surface area contributed by atoms with Crippen molar-refractivity contribution >= 4 is 48.0 Å². The third-order valence-electron chi connectivity index (χ3n) is 5.66. The van der Waals surface area contributed by atoms with Gasteiger partial charge in [-0.25, -0.2) is 14.8 Å². The van der Waals surface area contributed by atoms with Gasteiger partial charge in [0.05, 0.1) is 0 Å². The van der Waals surface area contributed by atoms with Gasteiger partial charge in [-0.2, -0.15) is 18.2 Å². The van der Waals surface area contributed by atoms with Gasteiger partial charge in [0.2, 0.25) is 11.8 Å². The smallest absolute Gasteiger partial charge is 0.490 e. The third-order valence-corrected chi connectivity index (χ3v) is 5.66. The molecule has 4 aliphatic heterocycles. The molecule has 0 spiro atoms. The third kappa shape index (κ3) is 5.63. The fraction of sp³-hybridized carbons (Fsp3) is 0.400. The minimum Gasteiger partial charge on any atom is -0.492 e. The fourth-order valence-electron chi connectivity index (χ4n) is 4.05. The van der Waals surface area contributed by atoms with Gasteiger partial charge in [-0.15, -0.1) is 12.4 Å². The fourth-order valence-corrected chi connectivity index (χ4v) is 4.05. The number of aromatic nitrogens is 3. The van der Waals surface area contributed by atoms with Crippen LogP contribution in [0.4, 0.5) is 24.9 Å². The Morgan fingerprint density at radius 3 is 2.61 bits per heavy atom. The van der Waals surface area contributed by atoms with Crippen molar-refractivity contribution in [2.45, 2.75) is 25.1 Å². The molecule has 0 amide bonds. The summed E-state index contributed by atoms with van der Waals surface area (Å²) in [5.41, 5.74) is 2.46. The number of anilines is 1. The van der Waals surface area contributed by atoms with E-state index in [-0.39, 0.29) is 18.3 Å². The molecule has 3 fully saturated rings. The van der Waals surface area contributed by atoms with Crippen molar-refractivity contribution in [1.29, 1.82) is 0 Å². The van der Waals surface area contributed by atoms with Gasteiger partial charge in [0.15, 0.2) is 5.82 Å². The Labute approximate surface area is 192 Å². The molecular formula is C20H22ClF3N6O3. The van der Waals surface area contributed by atoms with Crippen molar-refractivity contribution in [1.82, 2.24) is 19.9 Å². The Balaban J connectivity index is 0.000000337. The first-order chi connectivity index (χ1) is 15.2. The summed E-state index contributed by atoms with van der Waals surface area (Å²) < 4.78 is 31.7. The number of nitrogens with one attached hydrogen (secondary N) is 2. The molecule has 6 heterocycles. The molecule has 0 aliphatic carbocycles. The number of piperidine rings is 3. The van der Waals surface area contributed by atoms with E-state index in [1.807, 2.05) is 18.2 Å². The standard InChI is InChI=1S/C18H20N6O.C2HF3O2.ClH/c25-17-14(8-12-9-20-16-13(12)2-1-5-19-16)21-18(23-17)22-15-10-24-6-3-11(15)4-7-24;3-2(4,5)1(6)7;/h1-2,5,8-9,11,15,25H,3-4,6-7,10H2,(H2,21,22,23);(H,6,7);1H/t15-;;/m0../s1. The lowest BCUT2D eigenvalue weighted by Crippen LogP contribution is -2.53. The number of hydrogen-bond donors (Lipinski definition) is 4. The molecule has 2 aromatic rings. The average Bonchev–Trinajstić information content (AvgIpc) is 3.32. The minimum absolute atomic E-state index is 0. The molecule has 9 nitrogen and oxygen atoms in total. The highest BCUT2D eigenvalue weighted by Gasteiger charge is 2.38. The van der Waals surface area contributed by atoms with Gasteiger partial charge in [0, 0.05) is 36.1 Å². The maximum Gasteiger partial charge on any atom is 0.490 e. The SMILES string of the molecule is Cl.O=C(O)C(F)(F)F.Oc1nc(N[C@H]2CN3CCC2CC3)[nH]c1C=C1C=Nc2ncccc21. The van der Waals surface area contributed by atoms with Gasteiger partial charge < -0.3 is 25.4 Å². The van der Waals surface area contributed by atoms with Gasteiger partial charge in [-0.3, -0.25) is 0 Å². The summed E-state index contributed by atoms with van der Waals surface area (Å²) in [6, 6.07) is 4.25. The maximum absolute atomic E-state index is 10.6. The van der Waals surface area contributed by atoms with E-state index in [4.69, 9.17) is 9.90 Å². The number of hydrogen-bond acceptors (Lipinski definition) is 7. The predicted octanol–water partition coefficient (Wildman–Crippen LogP) is 3.33. The number of carboxylic acid groups (broad SMARTS) is 1. The molecule has 2 aromatic heterocycles. The number of aromatic hydroxyl groups is 1. The topological polar surface area (TPSA) is 127 Å².